The molecule has 0 unspecified atom stereocenters. The van der Waals surface area contributed by atoms with Gasteiger partial charge in [-0.25, -0.2) is 9.78 Å². The van der Waals surface area contributed by atoms with Crippen LogP contribution in [0.2, 0.25) is 10.0 Å². The molecule has 1 aromatic carbocycles. The number of rotatable bonds is 10. The van der Waals surface area contributed by atoms with E-state index in [0.29, 0.717) is 44.1 Å². The van der Waals surface area contributed by atoms with E-state index < -0.39 is 12.1 Å². The molecule has 3 heterocycles. The van der Waals surface area contributed by atoms with Gasteiger partial charge in [-0.15, -0.1) is 22.7 Å². The van der Waals surface area contributed by atoms with E-state index in [2.05, 4.69) is 15.3 Å². The van der Waals surface area contributed by atoms with Crippen molar-refractivity contribution in [2.24, 2.45) is 0 Å². The van der Waals surface area contributed by atoms with E-state index in [1.807, 2.05) is 17.5 Å². The molecule has 4 rings (SSSR count). The van der Waals surface area contributed by atoms with Gasteiger partial charge in [0, 0.05) is 35.3 Å². The zero-order valence-electron chi connectivity index (χ0n) is 18.8. The van der Waals surface area contributed by atoms with Crippen molar-refractivity contribution in [2.75, 3.05) is 19.5 Å². The number of hydrogen-bond acceptors (Lipinski definition) is 9. The number of thiazole rings is 1. The highest BCUT2D eigenvalue weighted by atomic mass is 35.5. The highest BCUT2D eigenvalue weighted by Gasteiger charge is 2.24. The predicted octanol–water partition coefficient (Wildman–Crippen LogP) is 6.68. The van der Waals surface area contributed by atoms with Crippen LogP contribution in [0.3, 0.4) is 0 Å². The molecule has 7 nitrogen and oxygen atoms in total. The van der Waals surface area contributed by atoms with Crippen LogP contribution < -0.4 is 14.8 Å². The van der Waals surface area contributed by atoms with Gasteiger partial charge in [0.2, 0.25) is 0 Å². The summed E-state index contributed by atoms with van der Waals surface area (Å²) in [5, 5.41) is 6.74. The minimum Gasteiger partial charge on any atom is -0.493 e. The summed E-state index contributed by atoms with van der Waals surface area (Å²) in [6, 6.07) is 9.00. The normalized spacial score (nSPS) is 11.7. The van der Waals surface area contributed by atoms with Gasteiger partial charge in [0.1, 0.15) is 11.0 Å². The fourth-order valence-corrected chi connectivity index (χ4v) is 5.22. The third kappa shape index (κ3) is 6.24. The smallest absolute Gasteiger partial charge is 0.348 e. The molecule has 182 valence electrons. The molecule has 11 heteroatoms. The molecule has 0 amide bonds. The topological polar surface area (TPSA) is 82.6 Å². The molecule has 0 spiro atoms. The Morgan fingerprint density at radius 2 is 1.86 bits per heavy atom. The summed E-state index contributed by atoms with van der Waals surface area (Å²) in [5.74, 6) is 0.637. The molecule has 0 aliphatic rings. The van der Waals surface area contributed by atoms with Gasteiger partial charge in [0.25, 0.3) is 0 Å². The summed E-state index contributed by atoms with van der Waals surface area (Å²) in [6.07, 6.45) is 4.33. The van der Waals surface area contributed by atoms with Crippen molar-refractivity contribution < 1.29 is 19.0 Å². The van der Waals surface area contributed by atoms with Crippen molar-refractivity contribution in [3.05, 3.63) is 85.2 Å². The van der Waals surface area contributed by atoms with Crippen LogP contribution in [0.25, 0.3) is 0 Å². The number of anilines is 1. The number of pyridine rings is 1. The molecule has 4 aromatic rings. The third-order valence-electron chi connectivity index (χ3n) is 5.08. The number of hydrogen-bond donors (Lipinski definition) is 1. The lowest BCUT2D eigenvalue weighted by Crippen LogP contribution is -2.14. The van der Waals surface area contributed by atoms with E-state index in [9.17, 15) is 4.79 Å². The molecule has 1 N–H and O–H groups in total. The van der Waals surface area contributed by atoms with Crippen LogP contribution in [-0.4, -0.2) is 30.2 Å². The molecular formula is C24H21Cl2N3O4S2. The molecule has 35 heavy (non-hydrogen) atoms. The summed E-state index contributed by atoms with van der Waals surface area (Å²) in [4.78, 5) is 22.8. The summed E-state index contributed by atoms with van der Waals surface area (Å²) in [7, 11) is 3.11. The van der Waals surface area contributed by atoms with Gasteiger partial charge in [-0.3, -0.25) is 4.98 Å². The average molecular weight is 550 g/mol. The summed E-state index contributed by atoms with van der Waals surface area (Å²) in [6.45, 7) is 0.562. The van der Waals surface area contributed by atoms with Crippen molar-refractivity contribution in [2.45, 2.75) is 19.1 Å². The van der Waals surface area contributed by atoms with Crippen LogP contribution in [0.15, 0.2) is 54.3 Å². The van der Waals surface area contributed by atoms with E-state index >= 15 is 0 Å². The Balaban J connectivity index is 1.57. The number of thiophene rings is 1. The number of carbonyl (C=O) groups is 1. The van der Waals surface area contributed by atoms with Crippen LogP contribution >= 0.6 is 45.9 Å². The maximum absolute atomic E-state index is 13.1. The summed E-state index contributed by atoms with van der Waals surface area (Å²) >= 11 is 15.6. The lowest BCUT2D eigenvalue weighted by molar-refractivity contribution is 0.0303. The Bertz CT molecular complexity index is 1280. The van der Waals surface area contributed by atoms with Crippen molar-refractivity contribution in [3.8, 4) is 11.5 Å². The zero-order valence-corrected chi connectivity index (χ0v) is 21.9. The van der Waals surface area contributed by atoms with Crippen LogP contribution in [0.4, 0.5) is 5.13 Å². The molecular weight excluding hydrogens is 529 g/mol. The third-order valence-corrected chi connectivity index (χ3v) is 7.53. The highest BCUT2D eigenvalue weighted by Crippen LogP contribution is 2.36. The number of ether oxygens (including phenoxy) is 3. The minimum absolute atomic E-state index is 0.255. The fourth-order valence-electron chi connectivity index (χ4n) is 3.34. The standard InChI is InChI=1S/C24H21Cl2N3O4S2/c1-31-19-5-3-14(9-21(19)32-2)20(10-16-17(25)12-27-13-18(16)26)33-23(30)22-6-4-15(35-22)11-29-24-28-7-8-34-24/h3-9,12-13,20H,10-11H2,1-2H3,(H,28,29)/t20-/m0/s1. The Kier molecular flexibility index (Phi) is 8.46. The summed E-state index contributed by atoms with van der Waals surface area (Å²) in [5.41, 5.74) is 1.34. The highest BCUT2D eigenvalue weighted by molar-refractivity contribution is 7.14. The fraction of sp³-hybridized carbons (Fsp3) is 0.208. The van der Waals surface area contributed by atoms with Crippen molar-refractivity contribution >= 4 is 57.0 Å². The SMILES string of the molecule is COc1ccc([C@H](Cc2c(Cl)cncc2Cl)OC(=O)c2ccc(CNc3nccs3)s2)cc1OC. The molecule has 3 aromatic heterocycles. The molecule has 0 fully saturated rings. The number of nitrogens with one attached hydrogen (secondary N) is 1. The molecule has 0 aliphatic carbocycles. The first-order chi connectivity index (χ1) is 17.0. The van der Waals surface area contributed by atoms with Crippen LogP contribution in [0.1, 0.15) is 31.8 Å². The number of halogens is 2. The van der Waals surface area contributed by atoms with Crippen LogP contribution in [0.5, 0.6) is 11.5 Å². The Labute approximate surface area is 220 Å². The van der Waals surface area contributed by atoms with E-state index in [1.54, 1.807) is 38.6 Å². The molecule has 0 bridgehead atoms. The Morgan fingerprint density at radius 3 is 2.54 bits per heavy atom. The maximum Gasteiger partial charge on any atom is 0.348 e. The Hall–Kier alpha value is -2.85. The lowest BCUT2D eigenvalue weighted by atomic mass is 10.0. The minimum atomic E-state index is -0.682. The zero-order chi connectivity index (χ0) is 24.8. The quantitative estimate of drug-likeness (QED) is 0.221. The molecule has 0 saturated heterocycles. The average Bonchev–Trinajstić information content (AvgIpc) is 3.56. The summed E-state index contributed by atoms with van der Waals surface area (Å²) < 4.78 is 16.8. The second-order valence-electron chi connectivity index (χ2n) is 7.25. The van der Waals surface area contributed by atoms with E-state index in [-0.39, 0.29) is 6.42 Å². The second kappa shape index (κ2) is 11.7. The van der Waals surface area contributed by atoms with Gasteiger partial charge in [0.05, 0.1) is 30.8 Å². The van der Waals surface area contributed by atoms with Crippen molar-refractivity contribution in [3.63, 3.8) is 0 Å². The van der Waals surface area contributed by atoms with Gasteiger partial charge < -0.3 is 19.5 Å². The van der Waals surface area contributed by atoms with Gasteiger partial charge in [-0.05, 0) is 35.4 Å². The molecule has 0 saturated carbocycles. The van der Waals surface area contributed by atoms with Crippen LogP contribution in [0, 0.1) is 0 Å². The second-order valence-corrected chi connectivity index (χ2v) is 10.1. The van der Waals surface area contributed by atoms with E-state index in [0.717, 1.165) is 10.0 Å². The number of benzene rings is 1. The number of methoxy groups -OCH3 is 2. The largest absolute Gasteiger partial charge is 0.493 e. The first kappa shape index (κ1) is 25.2. The number of aromatic nitrogens is 2. The Morgan fingerprint density at radius 1 is 1.09 bits per heavy atom. The monoisotopic (exact) mass is 549 g/mol. The van der Waals surface area contributed by atoms with Gasteiger partial charge >= 0.3 is 5.97 Å². The van der Waals surface area contributed by atoms with Crippen molar-refractivity contribution in [1.29, 1.82) is 0 Å². The predicted molar refractivity (Wildman–Crippen MR) is 139 cm³/mol. The molecule has 1 atom stereocenters. The van der Waals surface area contributed by atoms with Gasteiger partial charge in [0.15, 0.2) is 16.6 Å². The van der Waals surface area contributed by atoms with Gasteiger partial charge in [-0.2, -0.15) is 0 Å². The van der Waals surface area contributed by atoms with E-state index in [1.165, 1.54) is 35.1 Å². The molecule has 0 aliphatic heterocycles. The maximum atomic E-state index is 13.1. The van der Waals surface area contributed by atoms with E-state index in [4.69, 9.17) is 37.4 Å². The first-order valence-electron chi connectivity index (χ1n) is 10.4. The first-order valence-corrected chi connectivity index (χ1v) is 12.9. The number of esters is 1. The number of nitrogens with zero attached hydrogens (tertiary/aromatic N) is 2. The number of carbonyl (C=O) groups excluding carboxylic acids is 1. The van der Waals surface area contributed by atoms with Crippen molar-refractivity contribution in [1.82, 2.24) is 9.97 Å². The molecule has 0 radical (unpaired) electrons. The van der Waals surface area contributed by atoms with Gasteiger partial charge in [-0.1, -0.05) is 29.3 Å². The van der Waals surface area contributed by atoms with Crippen LogP contribution in [-0.2, 0) is 17.7 Å². The lowest BCUT2D eigenvalue weighted by Gasteiger charge is -2.20.